The van der Waals surface area contributed by atoms with Crippen molar-refractivity contribution in [2.45, 2.75) is 20.0 Å². The van der Waals surface area contributed by atoms with Gasteiger partial charge >= 0.3 is 0 Å². The third-order valence-electron chi connectivity index (χ3n) is 2.31. The highest BCUT2D eigenvalue weighted by molar-refractivity contribution is 6.32. The Bertz CT molecular complexity index is 532. The van der Waals surface area contributed by atoms with Gasteiger partial charge in [0.1, 0.15) is 5.02 Å². The fourth-order valence-corrected chi connectivity index (χ4v) is 1.61. The number of ether oxygens (including phenoxy) is 1. The second-order valence-corrected chi connectivity index (χ2v) is 4.84. The molecule has 0 unspecified atom stereocenters. The maximum atomic E-state index is 11.9. The molecular formula is C14H18ClN3O3. The van der Waals surface area contributed by atoms with Gasteiger partial charge in [-0.1, -0.05) is 18.2 Å². The third-order valence-corrected chi connectivity index (χ3v) is 2.58. The lowest BCUT2D eigenvalue weighted by atomic mass is 10.2. The van der Waals surface area contributed by atoms with E-state index in [9.17, 15) is 9.59 Å². The van der Waals surface area contributed by atoms with E-state index in [2.05, 4.69) is 22.2 Å². The van der Waals surface area contributed by atoms with Crippen molar-refractivity contribution in [1.29, 1.82) is 0 Å². The molecule has 1 heterocycles. The molecule has 0 aliphatic heterocycles. The van der Waals surface area contributed by atoms with Crippen LogP contribution in [0.5, 0.6) is 5.88 Å². The van der Waals surface area contributed by atoms with Crippen molar-refractivity contribution in [2.24, 2.45) is 0 Å². The highest BCUT2D eigenvalue weighted by Crippen LogP contribution is 2.23. The lowest BCUT2D eigenvalue weighted by Gasteiger charge is -2.11. The number of pyridine rings is 1. The molecule has 0 aromatic carbocycles. The Kier molecular flexibility index (Phi) is 6.68. The van der Waals surface area contributed by atoms with Crippen LogP contribution in [0.3, 0.4) is 0 Å². The molecule has 0 aliphatic carbocycles. The molecule has 0 bridgehead atoms. The van der Waals surface area contributed by atoms with Crippen molar-refractivity contribution < 1.29 is 14.3 Å². The van der Waals surface area contributed by atoms with Gasteiger partial charge in [0.25, 0.3) is 5.91 Å². The van der Waals surface area contributed by atoms with E-state index >= 15 is 0 Å². The zero-order valence-electron chi connectivity index (χ0n) is 12.0. The van der Waals surface area contributed by atoms with Gasteiger partial charge in [-0.25, -0.2) is 4.98 Å². The number of halogens is 1. The summed E-state index contributed by atoms with van der Waals surface area (Å²) >= 11 is 6.00. The monoisotopic (exact) mass is 311 g/mol. The Hall–Kier alpha value is -2.08. The summed E-state index contributed by atoms with van der Waals surface area (Å²) in [7, 11) is 0. The molecule has 0 saturated heterocycles. The van der Waals surface area contributed by atoms with Gasteiger partial charge in [-0.05, 0) is 26.0 Å². The molecule has 6 nitrogen and oxygen atoms in total. The maximum absolute atomic E-state index is 11.9. The predicted molar refractivity (Wildman–Crippen MR) is 80.6 cm³/mol. The smallest absolute Gasteiger partial charge is 0.252 e. The first kappa shape index (κ1) is 17.0. The Morgan fingerprint density at radius 1 is 1.43 bits per heavy atom. The number of aromatic nitrogens is 1. The van der Waals surface area contributed by atoms with Crippen molar-refractivity contribution in [2.75, 3.05) is 13.1 Å². The van der Waals surface area contributed by atoms with E-state index in [0.717, 1.165) is 0 Å². The average Bonchev–Trinajstić information content (AvgIpc) is 2.44. The average molecular weight is 312 g/mol. The van der Waals surface area contributed by atoms with Crippen LogP contribution in [-0.4, -0.2) is 36.0 Å². The van der Waals surface area contributed by atoms with Gasteiger partial charge in [-0.15, -0.1) is 0 Å². The number of carbonyl (C=O) groups is 2. The minimum absolute atomic E-state index is 0.0526. The van der Waals surface area contributed by atoms with Gasteiger partial charge in [0.05, 0.1) is 11.7 Å². The summed E-state index contributed by atoms with van der Waals surface area (Å²) in [5, 5.41) is 5.46. The highest BCUT2D eigenvalue weighted by Gasteiger charge is 2.11. The summed E-state index contributed by atoms with van der Waals surface area (Å²) < 4.78 is 5.39. The van der Waals surface area contributed by atoms with Crippen molar-refractivity contribution >= 4 is 23.4 Å². The number of nitrogens with one attached hydrogen (secondary N) is 2. The van der Waals surface area contributed by atoms with Crippen LogP contribution in [0.25, 0.3) is 0 Å². The number of nitrogens with zero attached hydrogens (tertiary/aromatic N) is 1. The fourth-order valence-electron chi connectivity index (χ4n) is 1.40. The molecule has 0 saturated carbocycles. The van der Waals surface area contributed by atoms with Crippen LogP contribution < -0.4 is 15.4 Å². The third kappa shape index (κ3) is 5.83. The van der Waals surface area contributed by atoms with Crippen LogP contribution in [-0.2, 0) is 4.79 Å². The first-order valence-corrected chi connectivity index (χ1v) is 6.82. The molecule has 2 amide bonds. The number of amides is 2. The van der Waals surface area contributed by atoms with E-state index in [0.29, 0.717) is 24.5 Å². The molecule has 0 spiro atoms. The molecule has 0 aliphatic rings. The first-order valence-electron chi connectivity index (χ1n) is 6.44. The van der Waals surface area contributed by atoms with E-state index in [1.807, 2.05) is 13.8 Å². The van der Waals surface area contributed by atoms with Gasteiger partial charge in [0, 0.05) is 19.3 Å². The Balaban J connectivity index is 2.53. The molecule has 0 atom stereocenters. The minimum atomic E-state index is -0.326. The minimum Gasteiger partial charge on any atom is -0.474 e. The Morgan fingerprint density at radius 3 is 2.67 bits per heavy atom. The molecule has 114 valence electrons. The van der Waals surface area contributed by atoms with E-state index in [4.69, 9.17) is 16.3 Å². The van der Waals surface area contributed by atoms with Crippen molar-refractivity contribution in [3.63, 3.8) is 0 Å². The second-order valence-electron chi connectivity index (χ2n) is 4.43. The van der Waals surface area contributed by atoms with Gasteiger partial charge < -0.3 is 15.4 Å². The summed E-state index contributed by atoms with van der Waals surface area (Å²) in [6.45, 7) is 7.64. The summed E-state index contributed by atoms with van der Waals surface area (Å²) in [6.07, 6.45) is 2.50. The molecular weight excluding hydrogens is 294 g/mol. The van der Waals surface area contributed by atoms with Crippen LogP contribution in [0.2, 0.25) is 5.02 Å². The molecule has 7 heteroatoms. The lowest BCUT2D eigenvalue weighted by molar-refractivity contribution is -0.116. The standard InChI is InChI=1S/C14H18ClN3O3/c1-4-12(19)16-5-6-17-13(20)10-7-11(15)14(18-8-10)21-9(2)3/h4,7-9H,1,5-6H2,2-3H3,(H,16,19)(H,17,20). The zero-order chi connectivity index (χ0) is 15.8. The van der Waals surface area contributed by atoms with Crippen molar-refractivity contribution in [3.8, 4) is 5.88 Å². The zero-order valence-corrected chi connectivity index (χ0v) is 12.7. The maximum Gasteiger partial charge on any atom is 0.252 e. The van der Waals surface area contributed by atoms with Crippen LogP contribution >= 0.6 is 11.6 Å². The summed E-state index contributed by atoms with van der Waals surface area (Å²) in [4.78, 5) is 26.8. The summed E-state index contributed by atoms with van der Waals surface area (Å²) in [5.74, 6) is -0.320. The normalized spacial score (nSPS) is 10.1. The molecule has 1 aromatic rings. The molecule has 1 aromatic heterocycles. The lowest BCUT2D eigenvalue weighted by Crippen LogP contribution is -2.34. The Labute approximate surface area is 128 Å². The SMILES string of the molecule is C=CC(=O)NCCNC(=O)c1cnc(OC(C)C)c(Cl)c1. The van der Waals surface area contributed by atoms with E-state index in [1.54, 1.807) is 0 Å². The van der Waals surface area contributed by atoms with Gasteiger partial charge in [0.2, 0.25) is 11.8 Å². The molecule has 1 rings (SSSR count). The number of rotatable bonds is 7. The largest absolute Gasteiger partial charge is 0.474 e. The van der Waals surface area contributed by atoms with Crippen LogP contribution in [0.1, 0.15) is 24.2 Å². The number of hydrogen-bond acceptors (Lipinski definition) is 4. The number of hydrogen-bond donors (Lipinski definition) is 2. The predicted octanol–water partition coefficient (Wildman–Crippen LogP) is 1.55. The molecule has 2 N–H and O–H groups in total. The highest BCUT2D eigenvalue weighted by atomic mass is 35.5. The molecule has 21 heavy (non-hydrogen) atoms. The van der Waals surface area contributed by atoms with E-state index < -0.39 is 0 Å². The van der Waals surface area contributed by atoms with Gasteiger partial charge in [0.15, 0.2) is 0 Å². The summed E-state index contributed by atoms with van der Waals surface area (Å²) in [6, 6.07) is 1.49. The fraction of sp³-hybridized carbons (Fsp3) is 0.357. The van der Waals surface area contributed by atoms with Crippen LogP contribution in [0.15, 0.2) is 24.9 Å². The van der Waals surface area contributed by atoms with E-state index in [1.165, 1.54) is 18.3 Å². The summed E-state index contributed by atoms with van der Waals surface area (Å²) in [5.41, 5.74) is 0.325. The Morgan fingerprint density at radius 2 is 2.10 bits per heavy atom. The van der Waals surface area contributed by atoms with E-state index in [-0.39, 0.29) is 22.9 Å². The van der Waals surface area contributed by atoms with Gasteiger partial charge in [-0.2, -0.15) is 0 Å². The topological polar surface area (TPSA) is 80.3 Å². The van der Waals surface area contributed by atoms with Crippen molar-refractivity contribution in [1.82, 2.24) is 15.6 Å². The molecule has 0 radical (unpaired) electrons. The number of carbonyl (C=O) groups excluding carboxylic acids is 2. The van der Waals surface area contributed by atoms with Crippen LogP contribution in [0.4, 0.5) is 0 Å². The quantitative estimate of drug-likeness (QED) is 0.591. The first-order chi connectivity index (χ1) is 9.93. The van der Waals surface area contributed by atoms with Gasteiger partial charge in [-0.3, -0.25) is 9.59 Å². The van der Waals surface area contributed by atoms with Crippen molar-refractivity contribution in [3.05, 3.63) is 35.5 Å². The molecule has 0 fully saturated rings. The second kappa shape index (κ2) is 8.26. The van der Waals surface area contributed by atoms with Crippen LogP contribution in [0, 0.1) is 0 Å².